The third-order valence-corrected chi connectivity index (χ3v) is 3.32. The molecule has 0 saturated carbocycles. The first kappa shape index (κ1) is 21.0. The molecule has 4 N–H and O–H groups in total. The molecule has 2 aromatic carbocycles. The van der Waals surface area contributed by atoms with E-state index < -0.39 is 11.9 Å². The molecule has 0 radical (unpaired) electrons. The van der Waals surface area contributed by atoms with E-state index in [0.717, 1.165) is 13.0 Å². The van der Waals surface area contributed by atoms with Gasteiger partial charge in [-0.05, 0) is 44.5 Å². The number of rotatable bonds is 7. The highest BCUT2D eigenvalue weighted by molar-refractivity contribution is 5.94. The minimum absolute atomic E-state index is 0.237. The van der Waals surface area contributed by atoms with Crippen LogP contribution in [0.4, 0.5) is 11.4 Å². The van der Waals surface area contributed by atoms with Gasteiger partial charge in [-0.15, -0.1) is 0 Å². The van der Waals surface area contributed by atoms with Gasteiger partial charge in [0.2, 0.25) is 0 Å². The van der Waals surface area contributed by atoms with Crippen molar-refractivity contribution < 1.29 is 19.8 Å². The first-order valence-electron chi connectivity index (χ1n) is 8.51. The van der Waals surface area contributed by atoms with Gasteiger partial charge < -0.3 is 20.8 Å². The van der Waals surface area contributed by atoms with Crippen LogP contribution in [0.3, 0.4) is 0 Å². The zero-order valence-electron chi connectivity index (χ0n) is 15.3. The molecule has 6 heteroatoms. The Labute approximate surface area is 153 Å². The van der Waals surface area contributed by atoms with E-state index in [0.29, 0.717) is 22.5 Å². The molecule has 0 saturated heterocycles. The van der Waals surface area contributed by atoms with Crippen LogP contribution in [0, 0.1) is 0 Å². The molecule has 0 bridgehead atoms. The van der Waals surface area contributed by atoms with E-state index >= 15 is 0 Å². The van der Waals surface area contributed by atoms with Gasteiger partial charge in [0.25, 0.3) is 0 Å². The van der Waals surface area contributed by atoms with Crippen molar-refractivity contribution in [3.8, 4) is 0 Å². The molecule has 2 aromatic rings. The lowest BCUT2D eigenvalue weighted by atomic mass is 10.1. The summed E-state index contributed by atoms with van der Waals surface area (Å²) in [6.07, 6.45) is 0.980. The summed E-state index contributed by atoms with van der Waals surface area (Å²) in [5.74, 6) is -1.79. The summed E-state index contributed by atoms with van der Waals surface area (Å²) in [6.45, 7) is 6.78. The molecule has 140 valence electrons. The lowest BCUT2D eigenvalue weighted by molar-refractivity contribution is 0.0687. The second kappa shape index (κ2) is 10.8. The maximum absolute atomic E-state index is 10.8. The third-order valence-electron chi connectivity index (χ3n) is 3.32. The molecule has 2 rings (SSSR count). The molecule has 0 aromatic heterocycles. The van der Waals surface area contributed by atoms with Gasteiger partial charge in [0, 0.05) is 24.0 Å². The Morgan fingerprint density at radius 1 is 0.885 bits per heavy atom. The minimum Gasteiger partial charge on any atom is -0.478 e. The Balaban J connectivity index is 0.000000260. The van der Waals surface area contributed by atoms with Crippen molar-refractivity contribution in [2.45, 2.75) is 33.2 Å². The summed E-state index contributed by atoms with van der Waals surface area (Å²) >= 11 is 0. The molecule has 6 nitrogen and oxygen atoms in total. The maximum atomic E-state index is 10.8. The van der Waals surface area contributed by atoms with E-state index in [1.807, 2.05) is 32.9 Å². The summed E-state index contributed by atoms with van der Waals surface area (Å²) in [5, 5.41) is 23.8. The zero-order valence-corrected chi connectivity index (χ0v) is 15.3. The SMILES string of the molecule is CC(C)Nc1ccccc1C(=O)O.CCCNc1ccccc1C(=O)O. The fourth-order valence-electron chi connectivity index (χ4n) is 2.19. The van der Waals surface area contributed by atoms with Crippen molar-refractivity contribution in [1.29, 1.82) is 0 Å². The van der Waals surface area contributed by atoms with Crippen molar-refractivity contribution in [2.24, 2.45) is 0 Å². The molecular formula is C20H26N2O4. The van der Waals surface area contributed by atoms with Gasteiger partial charge in [-0.2, -0.15) is 0 Å². The quantitative estimate of drug-likeness (QED) is 0.585. The van der Waals surface area contributed by atoms with Gasteiger partial charge in [0.1, 0.15) is 0 Å². The third kappa shape index (κ3) is 6.84. The summed E-state index contributed by atoms with van der Waals surface area (Å²) in [6, 6.07) is 14.0. The van der Waals surface area contributed by atoms with Crippen LogP contribution >= 0.6 is 0 Å². The van der Waals surface area contributed by atoms with E-state index in [2.05, 4.69) is 10.6 Å². The number of nitrogens with one attached hydrogen (secondary N) is 2. The van der Waals surface area contributed by atoms with Gasteiger partial charge in [0.05, 0.1) is 11.1 Å². The van der Waals surface area contributed by atoms with Crippen molar-refractivity contribution in [1.82, 2.24) is 0 Å². The molecule has 0 fully saturated rings. The highest BCUT2D eigenvalue weighted by Gasteiger charge is 2.08. The van der Waals surface area contributed by atoms with Crippen LogP contribution in [0.2, 0.25) is 0 Å². The Bertz CT molecular complexity index is 729. The number of anilines is 2. The highest BCUT2D eigenvalue weighted by Crippen LogP contribution is 2.15. The van der Waals surface area contributed by atoms with Gasteiger partial charge in [-0.1, -0.05) is 31.2 Å². The van der Waals surface area contributed by atoms with Crippen LogP contribution in [0.1, 0.15) is 47.9 Å². The average Bonchev–Trinajstić information content (AvgIpc) is 2.60. The van der Waals surface area contributed by atoms with Gasteiger partial charge >= 0.3 is 11.9 Å². The number of carboxylic acid groups (broad SMARTS) is 2. The maximum Gasteiger partial charge on any atom is 0.337 e. The molecule has 26 heavy (non-hydrogen) atoms. The predicted molar refractivity (Wildman–Crippen MR) is 104 cm³/mol. The van der Waals surface area contributed by atoms with Crippen LogP contribution in [-0.2, 0) is 0 Å². The Morgan fingerprint density at radius 2 is 1.35 bits per heavy atom. The van der Waals surface area contributed by atoms with E-state index in [4.69, 9.17) is 10.2 Å². The molecule has 0 atom stereocenters. The average molecular weight is 358 g/mol. The van der Waals surface area contributed by atoms with Crippen LogP contribution in [0.15, 0.2) is 48.5 Å². The molecule has 0 aliphatic heterocycles. The van der Waals surface area contributed by atoms with Crippen molar-refractivity contribution >= 4 is 23.3 Å². The molecule has 0 aliphatic carbocycles. The smallest absolute Gasteiger partial charge is 0.337 e. The molecule has 0 unspecified atom stereocenters. The highest BCUT2D eigenvalue weighted by atomic mass is 16.4. The standard InChI is InChI=1S/2C10H13NO2/c1-7(2)11-9-6-4-3-5-8(9)10(12)13;1-2-7-11-9-6-4-3-5-8(9)10(12)13/h3-7,11H,1-2H3,(H,12,13);3-6,11H,2,7H2,1H3,(H,12,13). The van der Waals surface area contributed by atoms with Crippen LogP contribution < -0.4 is 10.6 Å². The zero-order chi connectivity index (χ0) is 19.5. The number of benzene rings is 2. The fourth-order valence-corrected chi connectivity index (χ4v) is 2.19. The second-order valence-corrected chi connectivity index (χ2v) is 5.93. The summed E-state index contributed by atoms with van der Waals surface area (Å²) in [5.41, 5.74) is 2.01. The van der Waals surface area contributed by atoms with Gasteiger partial charge in [0.15, 0.2) is 0 Å². The lowest BCUT2D eigenvalue weighted by Gasteiger charge is -2.11. The predicted octanol–water partition coefficient (Wildman–Crippen LogP) is 4.41. The monoisotopic (exact) mass is 358 g/mol. The first-order valence-corrected chi connectivity index (χ1v) is 8.51. The van der Waals surface area contributed by atoms with Crippen LogP contribution in [0.25, 0.3) is 0 Å². The topological polar surface area (TPSA) is 98.7 Å². The van der Waals surface area contributed by atoms with Crippen molar-refractivity contribution in [2.75, 3.05) is 17.2 Å². The molecule has 0 aliphatic rings. The number of aromatic carboxylic acids is 2. The number of hydrogen-bond acceptors (Lipinski definition) is 4. The number of hydrogen-bond donors (Lipinski definition) is 4. The number of carbonyl (C=O) groups is 2. The van der Waals surface area contributed by atoms with E-state index in [-0.39, 0.29) is 6.04 Å². The first-order chi connectivity index (χ1) is 12.4. The molecule has 0 heterocycles. The van der Waals surface area contributed by atoms with E-state index in [1.165, 1.54) is 0 Å². The minimum atomic E-state index is -0.899. The van der Waals surface area contributed by atoms with E-state index in [1.54, 1.807) is 36.4 Å². The van der Waals surface area contributed by atoms with Crippen molar-refractivity contribution in [3.05, 3.63) is 59.7 Å². The Kier molecular flexibility index (Phi) is 8.70. The van der Waals surface area contributed by atoms with Gasteiger partial charge in [-0.25, -0.2) is 9.59 Å². The Morgan fingerprint density at radius 3 is 1.81 bits per heavy atom. The molecule has 0 amide bonds. The number of carboxylic acids is 2. The largest absolute Gasteiger partial charge is 0.478 e. The normalized spacial score (nSPS) is 9.85. The van der Waals surface area contributed by atoms with Crippen LogP contribution in [0.5, 0.6) is 0 Å². The van der Waals surface area contributed by atoms with Gasteiger partial charge in [-0.3, -0.25) is 0 Å². The Hall–Kier alpha value is -3.02. The molecular weight excluding hydrogens is 332 g/mol. The summed E-state index contributed by atoms with van der Waals surface area (Å²) in [4.78, 5) is 21.5. The number of para-hydroxylation sites is 2. The second-order valence-electron chi connectivity index (χ2n) is 5.93. The van der Waals surface area contributed by atoms with Crippen LogP contribution in [-0.4, -0.2) is 34.7 Å². The van der Waals surface area contributed by atoms with Crippen molar-refractivity contribution in [3.63, 3.8) is 0 Å². The van der Waals surface area contributed by atoms with E-state index in [9.17, 15) is 9.59 Å². The molecule has 0 spiro atoms. The fraction of sp³-hybridized carbons (Fsp3) is 0.300. The lowest BCUT2D eigenvalue weighted by Crippen LogP contribution is -2.13. The summed E-state index contributed by atoms with van der Waals surface area (Å²) < 4.78 is 0. The summed E-state index contributed by atoms with van der Waals surface area (Å²) in [7, 11) is 0.